The summed E-state index contributed by atoms with van der Waals surface area (Å²) in [6, 6.07) is 77.8. The smallest absolute Gasteiger partial charge is 0.164 e. The summed E-state index contributed by atoms with van der Waals surface area (Å²) in [4.78, 5) is 19.3. The molecule has 0 aliphatic heterocycles. The maximum Gasteiger partial charge on any atom is 0.164 e. The lowest BCUT2D eigenvalue weighted by molar-refractivity contribution is 0.769. The highest BCUT2D eigenvalue weighted by Gasteiger charge is 2.46. The quantitative estimate of drug-likeness (QED) is 0.154. The molecule has 0 amide bonds. The fourth-order valence-electron chi connectivity index (χ4n) is 9.05. The largest absolute Gasteiger partial charge is 0.265 e. The number of benzene rings is 8. The van der Waals surface area contributed by atoms with Crippen LogP contribution in [0.3, 0.4) is 0 Å². The molecule has 1 aliphatic carbocycles. The zero-order valence-corrected chi connectivity index (χ0v) is 33.2. The molecule has 61 heavy (non-hydrogen) atoms. The van der Waals surface area contributed by atoms with Crippen molar-refractivity contribution in [2.75, 3.05) is 0 Å². The Hall–Kier alpha value is -8.08. The minimum absolute atomic E-state index is 0.580. The highest BCUT2D eigenvalue weighted by atomic mass is 15.0. The first-order valence-electron chi connectivity index (χ1n) is 20.6. The SMILES string of the molecule is c1ccc(-c2nc(-c3ccccc3)nc(-c3cccc(-c4ccc5c(c4)C(c4ccccc4)(c4ccccc4)c4cc(-c6cccc(-c7ccncc7)c6)ccc4-5)c3)n2)cc1. The molecule has 2 heterocycles. The molecule has 2 aromatic heterocycles. The van der Waals surface area contributed by atoms with Crippen molar-refractivity contribution < 1.29 is 0 Å². The number of rotatable bonds is 8. The third kappa shape index (κ3) is 6.42. The van der Waals surface area contributed by atoms with E-state index in [2.05, 4.69) is 163 Å². The van der Waals surface area contributed by atoms with Gasteiger partial charge >= 0.3 is 0 Å². The van der Waals surface area contributed by atoms with E-state index in [-0.39, 0.29) is 0 Å². The first-order valence-corrected chi connectivity index (χ1v) is 20.6. The summed E-state index contributed by atoms with van der Waals surface area (Å²) >= 11 is 0. The van der Waals surface area contributed by atoms with Crippen LogP contribution in [0.25, 0.3) is 78.7 Å². The van der Waals surface area contributed by atoms with Crippen LogP contribution in [0.4, 0.5) is 0 Å². The van der Waals surface area contributed by atoms with Crippen molar-refractivity contribution in [3.05, 3.63) is 253 Å². The zero-order valence-electron chi connectivity index (χ0n) is 33.2. The lowest BCUT2D eigenvalue weighted by atomic mass is 9.67. The summed E-state index contributed by atoms with van der Waals surface area (Å²) in [7, 11) is 0. The van der Waals surface area contributed by atoms with Gasteiger partial charge in [-0.05, 0) is 103 Å². The highest BCUT2D eigenvalue weighted by Crippen LogP contribution is 2.57. The van der Waals surface area contributed by atoms with Gasteiger partial charge in [0.1, 0.15) is 0 Å². The van der Waals surface area contributed by atoms with Crippen LogP contribution in [0.5, 0.6) is 0 Å². The first-order chi connectivity index (χ1) is 30.2. The molecule has 0 spiro atoms. The van der Waals surface area contributed by atoms with E-state index in [1.54, 1.807) is 0 Å². The van der Waals surface area contributed by atoms with Crippen molar-refractivity contribution in [2.24, 2.45) is 0 Å². The molecule has 0 unspecified atom stereocenters. The Labute approximate surface area is 355 Å². The second-order valence-corrected chi connectivity index (χ2v) is 15.4. The molecule has 0 bridgehead atoms. The number of aromatic nitrogens is 4. The Balaban J connectivity index is 1.08. The van der Waals surface area contributed by atoms with Crippen molar-refractivity contribution in [1.82, 2.24) is 19.9 Å². The second-order valence-electron chi connectivity index (χ2n) is 15.4. The van der Waals surface area contributed by atoms with E-state index >= 15 is 0 Å². The Bertz CT molecular complexity index is 3070. The van der Waals surface area contributed by atoms with Crippen LogP contribution in [0, 0.1) is 0 Å². The van der Waals surface area contributed by atoms with Crippen LogP contribution in [-0.4, -0.2) is 19.9 Å². The van der Waals surface area contributed by atoms with Gasteiger partial charge in [0, 0.05) is 29.1 Å². The summed E-state index contributed by atoms with van der Waals surface area (Å²) in [6.45, 7) is 0. The van der Waals surface area contributed by atoms with Crippen LogP contribution in [-0.2, 0) is 5.41 Å². The molecule has 0 atom stereocenters. The lowest BCUT2D eigenvalue weighted by Gasteiger charge is -2.34. The number of nitrogens with zero attached hydrogens (tertiary/aromatic N) is 4. The molecule has 11 rings (SSSR count). The Morgan fingerprint density at radius 3 is 1.10 bits per heavy atom. The van der Waals surface area contributed by atoms with Gasteiger partial charge in [-0.2, -0.15) is 0 Å². The number of hydrogen-bond donors (Lipinski definition) is 0. The highest BCUT2D eigenvalue weighted by molar-refractivity contribution is 5.91. The van der Waals surface area contributed by atoms with Crippen molar-refractivity contribution in [2.45, 2.75) is 5.41 Å². The third-order valence-electron chi connectivity index (χ3n) is 11.9. The Morgan fingerprint density at radius 2 is 0.623 bits per heavy atom. The summed E-state index contributed by atoms with van der Waals surface area (Å²) in [6.07, 6.45) is 3.70. The van der Waals surface area contributed by atoms with E-state index in [4.69, 9.17) is 15.0 Å². The molecule has 1 aliphatic rings. The van der Waals surface area contributed by atoms with Gasteiger partial charge in [-0.25, -0.2) is 15.0 Å². The Kier molecular flexibility index (Phi) is 9.02. The molecule has 4 heteroatoms. The number of fused-ring (bicyclic) bond motifs is 3. The van der Waals surface area contributed by atoms with Gasteiger partial charge in [-0.3, -0.25) is 4.98 Å². The molecule has 0 saturated heterocycles. The van der Waals surface area contributed by atoms with Gasteiger partial charge in [0.15, 0.2) is 17.5 Å². The summed E-state index contributed by atoms with van der Waals surface area (Å²) < 4.78 is 0. The molecule has 0 radical (unpaired) electrons. The fraction of sp³-hybridized carbons (Fsp3) is 0.0175. The van der Waals surface area contributed by atoms with Gasteiger partial charge in [-0.1, -0.05) is 182 Å². The summed E-state index contributed by atoms with van der Waals surface area (Å²) in [5.41, 5.74) is 16.5. The first kappa shape index (κ1) is 36.0. The molecule has 0 fully saturated rings. The molecule has 8 aromatic carbocycles. The second kappa shape index (κ2) is 15.3. The van der Waals surface area contributed by atoms with E-state index in [0.717, 1.165) is 38.9 Å². The normalized spacial score (nSPS) is 12.4. The molecular formula is C57H38N4. The van der Waals surface area contributed by atoms with Gasteiger partial charge in [0.25, 0.3) is 0 Å². The standard InChI is InChI=1S/C57H38N4/c1-5-15-40(16-6-1)54-59-55(41-17-7-2-8-18-41)61-56(60-54)47-22-14-21-44(36-47)46-28-30-51-50-29-27-45(43-20-13-19-42(35-43)39-31-33-58-34-32-39)37-52(50)57(53(51)38-46,48-23-9-3-10-24-48)49-25-11-4-12-26-49/h1-38H. The third-order valence-corrected chi connectivity index (χ3v) is 11.9. The van der Waals surface area contributed by atoms with E-state index < -0.39 is 5.41 Å². The average molecular weight is 779 g/mol. The van der Waals surface area contributed by atoms with Crippen LogP contribution in [0.1, 0.15) is 22.3 Å². The monoisotopic (exact) mass is 778 g/mol. The maximum atomic E-state index is 5.05. The van der Waals surface area contributed by atoms with Gasteiger partial charge in [0.05, 0.1) is 5.41 Å². The van der Waals surface area contributed by atoms with Crippen LogP contribution < -0.4 is 0 Å². The molecule has 286 valence electrons. The molecular weight excluding hydrogens is 741 g/mol. The van der Waals surface area contributed by atoms with E-state index in [0.29, 0.717) is 17.5 Å². The predicted molar refractivity (Wildman–Crippen MR) is 248 cm³/mol. The minimum Gasteiger partial charge on any atom is -0.265 e. The average Bonchev–Trinajstić information content (AvgIpc) is 3.65. The number of pyridine rings is 1. The van der Waals surface area contributed by atoms with Crippen molar-refractivity contribution >= 4 is 0 Å². The van der Waals surface area contributed by atoms with Gasteiger partial charge < -0.3 is 0 Å². The van der Waals surface area contributed by atoms with E-state index in [9.17, 15) is 0 Å². The van der Waals surface area contributed by atoms with Crippen LogP contribution >= 0.6 is 0 Å². The van der Waals surface area contributed by atoms with Crippen molar-refractivity contribution in [1.29, 1.82) is 0 Å². The van der Waals surface area contributed by atoms with E-state index in [1.807, 2.05) is 73.1 Å². The van der Waals surface area contributed by atoms with Crippen molar-refractivity contribution in [3.8, 4) is 78.7 Å². The molecule has 0 N–H and O–H groups in total. The summed E-state index contributed by atoms with van der Waals surface area (Å²) in [5.74, 6) is 1.92. The molecule has 10 aromatic rings. The number of hydrogen-bond acceptors (Lipinski definition) is 4. The lowest BCUT2D eigenvalue weighted by Crippen LogP contribution is -2.28. The van der Waals surface area contributed by atoms with Gasteiger partial charge in [-0.15, -0.1) is 0 Å². The topological polar surface area (TPSA) is 51.6 Å². The predicted octanol–water partition coefficient (Wildman–Crippen LogP) is 13.6. The molecule has 0 saturated carbocycles. The minimum atomic E-state index is -0.580. The fourth-order valence-corrected chi connectivity index (χ4v) is 9.05. The summed E-state index contributed by atoms with van der Waals surface area (Å²) in [5, 5.41) is 0. The van der Waals surface area contributed by atoms with Gasteiger partial charge in [0.2, 0.25) is 0 Å². The maximum absolute atomic E-state index is 5.05. The van der Waals surface area contributed by atoms with E-state index in [1.165, 1.54) is 44.5 Å². The Morgan fingerprint density at radius 1 is 0.262 bits per heavy atom. The molecule has 4 nitrogen and oxygen atoms in total. The van der Waals surface area contributed by atoms with Crippen molar-refractivity contribution in [3.63, 3.8) is 0 Å². The van der Waals surface area contributed by atoms with Crippen LogP contribution in [0.15, 0.2) is 231 Å². The zero-order chi connectivity index (χ0) is 40.6. The van der Waals surface area contributed by atoms with Crippen LogP contribution in [0.2, 0.25) is 0 Å².